The molecule has 0 bridgehead atoms. The summed E-state index contributed by atoms with van der Waals surface area (Å²) in [6.07, 6.45) is 1.01. The number of rotatable bonds is 13. The normalized spacial score (nSPS) is 12.7. The zero-order valence-corrected chi connectivity index (χ0v) is 26.8. The van der Waals surface area contributed by atoms with Crippen molar-refractivity contribution in [1.82, 2.24) is 10.2 Å². The highest BCUT2D eigenvalue weighted by molar-refractivity contribution is 7.92. The summed E-state index contributed by atoms with van der Waals surface area (Å²) >= 11 is 12.6. The number of nitrogens with one attached hydrogen (secondary N) is 1. The Bertz CT molecular complexity index is 1480. The molecule has 0 aliphatic carbocycles. The van der Waals surface area contributed by atoms with Gasteiger partial charge in [0, 0.05) is 22.6 Å². The van der Waals surface area contributed by atoms with E-state index in [2.05, 4.69) is 5.32 Å². The van der Waals surface area contributed by atoms with Crippen LogP contribution in [0.3, 0.4) is 0 Å². The maximum atomic E-state index is 14.2. The number of ether oxygens (including phenoxy) is 1. The number of anilines is 1. The van der Waals surface area contributed by atoms with Gasteiger partial charge in [0.15, 0.2) is 0 Å². The third-order valence-electron chi connectivity index (χ3n) is 6.99. The van der Waals surface area contributed by atoms with E-state index in [0.29, 0.717) is 34.2 Å². The zero-order chi connectivity index (χ0) is 31.0. The van der Waals surface area contributed by atoms with Gasteiger partial charge in [0.1, 0.15) is 18.3 Å². The highest BCUT2D eigenvalue weighted by Gasteiger charge is 2.34. The Kier molecular flexibility index (Phi) is 11.7. The molecule has 0 aliphatic rings. The van der Waals surface area contributed by atoms with Gasteiger partial charge in [-0.3, -0.25) is 13.9 Å². The largest absolute Gasteiger partial charge is 0.497 e. The van der Waals surface area contributed by atoms with Crippen molar-refractivity contribution in [2.75, 3.05) is 18.0 Å². The molecule has 1 N–H and O–H groups in total. The van der Waals surface area contributed by atoms with Gasteiger partial charge in [0.05, 0.1) is 17.7 Å². The molecule has 0 radical (unpaired) electrons. The number of halogens is 2. The Morgan fingerprint density at radius 2 is 1.60 bits per heavy atom. The molecule has 0 saturated carbocycles. The minimum absolute atomic E-state index is 0.0255. The van der Waals surface area contributed by atoms with Crippen LogP contribution in [0.4, 0.5) is 5.69 Å². The van der Waals surface area contributed by atoms with Crippen LogP contribution in [0.5, 0.6) is 5.75 Å². The number of hydrogen-bond acceptors (Lipinski definition) is 5. The number of hydrogen-bond donors (Lipinski definition) is 1. The molecule has 3 rings (SSSR count). The number of amides is 2. The first-order valence-electron chi connectivity index (χ1n) is 13.7. The van der Waals surface area contributed by atoms with Crippen LogP contribution >= 0.6 is 23.2 Å². The highest BCUT2D eigenvalue weighted by atomic mass is 35.5. The van der Waals surface area contributed by atoms with E-state index in [1.165, 1.54) is 24.1 Å². The van der Waals surface area contributed by atoms with Gasteiger partial charge in [0.25, 0.3) is 10.0 Å². The van der Waals surface area contributed by atoms with E-state index < -0.39 is 28.5 Å². The third kappa shape index (κ3) is 8.18. The minimum Gasteiger partial charge on any atom is -0.497 e. The molecule has 0 fully saturated rings. The first kappa shape index (κ1) is 33.2. The lowest BCUT2D eigenvalue weighted by Crippen LogP contribution is -2.53. The van der Waals surface area contributed by atoms with Crippen LogP contribution in [0.25, 0.3) is 0 Å². The molecular weight excluding hydrogens is 597 g/mol. The van der Waals surface area contributed by atoms with Gasteiger partial charge in [-0.05, 0) is 80.8 Å². The van der Waals surface area contributed by atoms with Gasteiger partial charge < -0.3 is 15.0 Å². The molecular formula is C31H37Cl2N3O5S. The van der Waals surface area contributed by atoms with Crippen LogP contribution in [0.2, 0.25) is 10.0 Å². The van der Waals surface area contributed by atoms with Crippen molar-refractivity contribution in [2.45, 2.75) is 64.1 Å². The second-order valence-electron chi connectivity index (χ2n) is 10.0. The lowest BCUT2D eigenvalue weighted by molar-refractivity contribution is -0.140. The molecule has 11 heteroatoms. The van der Waals surface area contributed by atoms with Crippen molar-refractivity contribution < 1.29 is 22.7 Å². The lowest BCUT2D eigenvalue weighted by atomic mass is 10.1. The Hall–Kier alpha value is -3.27. The number of carbonyl (C=O) groups is 2. The van der Waals surface area contributed by atoms with Gasteiger partial charge in [-0.1, -0.05) is 60.8 Å². The molecule has 0 saturated heterocycles. The number of methoxy groups -OCH3 is 1. The van der Waals surface area contributed by atoms with Crippen LogP contribution in [0.1, 0.15) is 44.7 Å². The SMILES string of the molecule is CC[C@@H](C)NC(=O)[C@H](CC)N(Cc1ccc(Cl)cc1Cl)C(=O)CN(c1ccc(OC)cc1)S(=O)(=O)c1ccc(C)cc1. The van der Waals surface area contributed by atoms with Crippen LogP contribution in [-0.2, 0) is 26.2 Å². The van der Waals surface area contributed by atoms with Crippen molar-refractivity contribution in [2.24, 2.45) is 0 Å². The van der Waals surface area contributed by atoms with Crippen LogP contribution in [-0.4, -0.2) is 50.9 Å². The summed E-state index contributed by atoms with van der Waals surface area (Å²) in [7, 11) is -2.67. The standard InChI is InChI=1S/C31H37Cl2N3O5S/c1-6-22(4)34-31(38)29(7-2)35(19-23-10-11-24(32)18-28(23)33)30(37)20-36(25-12-14-26(41-5)15-13-25)42(39,40)27-16-8-21(3)9-17-27/h8-18,22,29H,6-7,19-20H2,1-5H3,(H,34,38)/t22-,29+/m1/s1. The number of sulfonamides is 1. The van der Waals surface area contributed by atoms with Gasteiger partial charge in [-0.25, -0.2) is 8.42 Å². The number of nitrogens with zero attached hydrogens (tertiary/aromatic N) is 2. The molecule has 2 amide bonds. The highest BCUT2D eigenvalue weighted by Crippen LogP contribution is 2.28. The van der Waals surface area contributed by atoms with Crippen LogP contribution in [0, 0.1) is 6.92 Å². The molecule has 3 aromatic rings. The van der Waals surface area contributed by atoms with Crippen molar-refractivity contribution in [3.8, 4) is 5.75 Å². The van der Waals surface area contributed by atoms with E-state index in [0.717, 1.165) is 9.87 Å². The number of benzene rings is 3. The molecule has 0 heterocycles. The fourth-order valence-electron chi connectivity index (χ4n) is 4.31. The summed E-state index contributed by atoms with van der Waals surface area (Å²) in [5.74, 6) is -0.370. The maximum absolute atomic E-state index is 14.2. The number of carbonyl (C=O) groups excluding carboxylic acids is 2. The average Bonchev–Trinajstić information content (AvgIpc) is 2.96. The maximum Gasteiger partial charge on any atom is 0.264 e. The molecule has 226 valence electrons. The Morgan fingerprint density at radius 1 is 0.952 bits per heavy atom. The van der Waals surface area contributed by atoms with E-state index >= 15 is 0 Å². The smallest absolute Gasteiger partial charge is 0.264 e. The topological polar surface area (TPSA) is 96.0 Å². The molecule has 42 heavy (non-hydrogen) atoms. The van der Waals surface area contributed by atoms with E-state index in [9.17, 15) is 18.0 Å². The molecule has 0 aromatic heterocycles. The van der Waals surface area contributed by atoms with Gasteiger partial charge in [-0.15, -0.1) is 0 Å². The molecule has 0 unspecified atom stereocenters. The van der Waals surface area contributed by atoms with Gasteiger partial charge in [0.2, 0.25) is 11.8 Å². The average molecular weight is 635 g/mol. The predicted molar refractivity (Wildman–Crippen MR) is 168 cm³/mol. The summed E-state index contributed by atoms with van der Waals surface area (Å²) in [6, 6.07) is 16.7. The molecule has 0 aliphatic heterocycles. The summed E-state index contributed by atoms with van der Waals surface area (Å²) in [4.78, 5) is 29.0. The second kappa shape index (κ2) is 14.8. The first-order valence-corrected chi connectivity index (χ1v) is 15.9. The molecule has 3 aromatic carbocycles. The monoisotopic (exact) mass is 633 g/mol. The zero-order valence-electron chi connectivity index (χ0n) is 24.4. The Morgan fingerprint density at radius 3 is 2.14 bits per heavy atom. The fourth-order valence-corrected chi connectivity index (χ4v) is 6.19. The van der Waals surface area contributed by atoms with Crippen molar-refractivity contribution >= 4 is 50.7 Å². The summed E-state index contributed by atoms with van der Waals surface area (Å²) in [5.41, 5.74) is 1.73. The van der Waals surface area contributed by atoms with Crippen LogP contribution < -0.4 is 14.4 Å². The summed E-state index contributed by atoms with van der Waals surface area (Å²) in [6.45, 7) is 6.91. The molecule has 2 atom stereocenters. The van der Waals surface area contributed by atoms with Gasteiger partial charge in [-0.2, -0.15) is 0 Å². The third-order valence-corrected chi connectivity index (χ3v) is 9.37. The van der Waals surface area contributed by atoms with Crippen LogP contribution in [0.15, 0.2) is 71.6 Å². The molecule has 0 spiro atoms. The Labute approximate surface area is 258 Å². The lowest BCUT2D eigenvalue weighted by Gasteiger charge is -2.34. The van der Waals surface area contributed by atoms with Crippen molar-refractivity contribution in [1.29, 1.82) is 0 Å². The molecule has 8 nitrogen and oxygen atoms in total. The van der Waals surface area contributed by atoms with E-state index in [-0.39, 0.29) is 29.1 Å². The van der Waals surface area contributed by atoms with Crippen molar-refractivity contribution in [3.63, 3.8) is 0 Å². The summed E-state index contributed by atoms with van der Waals surface area (Å²) < 4.78 is 34.2. The second-order valence-corrected chi connectivity index (χ2v) is 12.7. The summed E-state index contributed by atoms with van der Waals surface area (Å²) in [5, 5.41) is 3.71. The van der Waals surface area contributed by atoms with E-state index in [4.69, 9.17) is 27.9 Å². The van der Waals surface area contributed by atoms with Crippen molar-refractivity contribution in [3.05, 3.63) is 87.9 Å². The van der Waals surface area contributed by atoms with Gasteiger partial charge >= 0.3 is 0 Å². The van der Waals surface area contributed by atoms with E-state index in [1.807, 2.05) is 20.8 Å². The van der Waals surface area contributed by atoms with E-state index in [1.54, 1.807) is 61.5 Å². The first-order chi connectivity index (χ1) is 19.9. The predicted octanol–water partition coefficient (Wildman–Crippen LogP) is 6.23. The Balaban J connectivity index is 2.08. The number of aryl methyl sites for hydroxylation is 1. The quantitative estimate of drug-likeness (QED) is 0.241. The minimum atomic E-state index is -4.18. The fraction of sp³-hybridized carbons (Fsp3) is 0.355.